The summed E-state index contributed by atoms with van der Waals surface area (Å²) < 4.78 is 18.1. The molecule has 1 saturated heterocycles. The van der Waals surface area contributed by atoms with E-state index in [1.165, 1.54) is 40.3 Å². The molecule has 6 aromatic heterocycles. The van der Waals surface area contributed by atoms with Crippen molar-refractivity contribution in [3.8, 4) is 147 Å². The molecule has 0 N–H and O–H groups in total. The van der Waals surface area contributed by atoms with Crippen LogP contribution in [0.1, 0.15) is 27.7 Å². The Kier molecular flexibility index (Phi) is 21.0. The van der Waals surface area contributed by atoms with Gasteiger partial charge in [0.25, 0.3) is 0 Å². The summed E-state index contributed by atoms with van der Waals surface area (Å²) in [6.45, 7) is 8.41. The number of hydrogen-bond donors (Lipinski definition) is 0. The first kappa shape index (κ1) is 76.0. The van der Waals surface area contributed by atoms with Crippen molar-refractivity contribution in [2.45, 2.75) is 38.9 Å². The largest absolute Gasteiger partial charge is 0.496 e. The maximum absolute atomic E-state index is 6.58. The highest BCUT2D eigenvalue weighted by atomic mass is 35.5. The Morgan fingerprint density at radius 1 is 0.233 bits per heavy atom. The highest BCUT2D eigenvalue weighted by molar-refractivity contribution is 7.27. The molecule has 0 spiro atoms. The summed E-state index contributed by atoms with van der Waals surface area (Å²) in [5, 5.41) is 5.34. The molecule has 20 aromatic rings. The summed E-state index contributed by atoms with van der Waals surface area (Å²) in [6.07, 6.45) is 0. The maximum Gasteiger partial charge on any atom is 0.496 e. The lowest BCUT2D eigenvalue weighted by atomic mass is 9.77. The molecule has 1 aliphatic rings. The summed E-state index contributed by atoms with van der Waals surface area (Å²) in [7, 11) is -0.460. The minimum absolute atomic E-state index is 0.430. The monoisotopic (exact) mass is 1600 g/mol. The molecule has 0 saturated carbocycles. The number of halogens is 1. The number of benzene rings is 14. The van der Waals surface area contributed by atoms with E-state index in [0.29, 0.717) is 51.7 Å². The molecule has 0 atom stereocenters. The molecule has 16 heteroatoms. The second kappa shape index (κ2) is 33.2. The zero-order chi connectivity index (χ0) is 81.1. The lowest BCUT2D eigenvalue weighted by Crippen LogP contribution is -2.41. The average Bonchev–Trinajstić information content (AvgIpc) is 1.59. The Labute approximate surface area is 708 Å². The van der Waals surface area contributed by atoms with Gasteiger partial charge in [-0.25, -0.2) is 49.8 Å². The molecule has 1 aliphatic heterocycles. The first-order chi connectivity index (χ1) is 58.8. The van der Waals surface area contributed by atoms with E-state index in [4.69, 9.17) is 60.8 Å². The van der Waals surface area contributed by atoms with E-state index in [1.54, 1.807) is 28.7 Å². The van der Waals surface area contributed by atoms with Crippen LogP contribution < -0.4 is 5.46 Å². The molecule has 0 aliphatic carbocycles. The number of rotatable bonds is 14. The van der Waals surface area contributed by atoms with Crippen LogP contribution >= 0.6 is 34.3 Å². The highest BCUT2D eigenvalue weighted by Gasteiger charge is 2.52. The molecule has 21 rings (SSSR count). The van der Waals surface area contributed by atoms with E-state index in [1.807, 2.05) is 206 Å². The molecule has 0 bridgehead atoms. The minimum atomic E-state index is -0.460. The van der Waals surface area contributed by atoms with Crippen molar-refractivity contribution < 1.29 is 9.31 Å². The van der Waals surface area contributed by atoms with Crippen LogP contribution in [0.15, 0.2) is 376 Å². The fourth-order valence-corrected chi connectivity index (χ4v) is 17.4. The third-order valence-corrected chi connectivity index (χ3v) is 24.4. The Hall–Kier alpha value is -14.0. The molecule has 0 amide bonds. The second-order valence-electron chi connectivity index (χ2n) is 30.2. The summed E-state index contributed by atoms with van der Waals surface area (Å²) in [5.74, 6) is 5.18. The molecule has 120 heavy (non-hydrogen) atoms. The molecule has 12 nitrogen and oxygen atoms in total. The SMILES string of the molecule is CC1(C)OB(c2cc(-c3ccc(-c4nc(-c5ccccc5)nc(-c5ccccc5)n4)cc3)cc3c2sc2ccccc23)OC1(C)C.Clc1cc(-c2ccccc2)nc(-c2ccccc2)n1.c1ccc(-c2cc(-c3cc(-c4ccc(-c5nc(-c6ccccc6)nc(-c6ccccc6)n5)cc4)cc4c3sc3ccccc34)nc(-c3ccccc3)n2)cc1. The smallest absolute Gasteiger partial charge is 0.399 e. The Morgan fingerprint density at radius 2 is 0.508 bits per heavy atom. The summed E-state index contributed by atoms with van der Waals surface area (Å²) in [6, 6.07) is 128. The van der Waals surface area contributed by atoms with Crippen molar-refractivity contribution in [3.05, 3.63) is 381 Å². The standard InChI is InChI=1S/C49H31N5S.C39H32BN3O2S.C16H11ClN2/c1-5-15-33(16-6-1)42-31-43(51-46(50-42)34-17-7-2-8-18-34)41-30-38(29-40-39-23-13-14-24-44(39)55-45(40)41)32-25-27-37(28-26-32)49-53-47(35-19-9-3-10-20-35)52-48(54-49)36-21-11-4-12-22-36;1-38(2)39(3,4)45-40(44-38)32-24-29(23-31-30-17-11-12-18-33(30)46-34(31)32)25-19-21-28(22-20-25)37-42-35(26-13-7-5-8-14-26)41-36(43-37)27-15-9-6-10-16-27;17-15-11-14(12-7-3-1-4-8-12)18-16(19-15)13-9-5-2-6-10-13/h1-31H;5-24H,1-4H3;1-11H. The molecule has 14 aromatic carbocycles. The first-order valence-electron chi connectivity index (χ1n) is 39.7. The molecular weight excluding hydrogens is 1530 g/mol. The number of nitrogens with zero attached hydrogens (tertiary/aromatic N) is 10. The van der Waals surface area contributed by atoms with Crippen LogP contribution in [-0.2, 0) is 9.31 Å². The quantitative estimate of drug-likeness (QED) is 0.0754. The van der Waals surface area contributed by atoms with Gasteiger partial charge in [-0.05, 0) is 86.3 Å². The number of thiophene rings is 2. The van der Waals surface area contributed by atoms with Gasteiger partial charge in [0.2, 0.25) is 0 Å². The highest BCUT2D eigenvalue weighted by Crippen LogP contribution is 2.46. The minimum Gasteiger partial charge on any atom is -0.399 e. The summed E-state index contributed by atoms with van der Waals surface area (Å²) in [4.78, 5) is 48.6. The predicted molar refractivity (Wildman–Crippen MR) is 494 cm³/mol. The molecule has 1 fully saturated rings. The number of aromatic nitrogens is 10. The van der Waals surface area contributed by atoms with Crippen molar-refractivity contribution in [2.75, 3.05) is 0 Å². The van der Waals surface area contributed by atoms with E-state index < -0.39 is 18.3 Å². The van der Waals surface area contributed by atoms with E-state index >= 15 is 0 Å². The van der Waals surface area contributed by atoms with Crippen LogP contribution in [0.2, 0.25) is 5.15 Å². The third kappa shape index (κ3) is 15.9. The van der Waals surface area contributed by atoms with Gasteiger partial charge in [-0.3, -0.25) is 0 Å². The number of hydrogen-bond acceptors (Lipinski definition) is 14. The molecule has 0 unspecified atom stereocenters. The van der Waals surface area contributed by atoms with Crippen LogP contribution in [0.5, 0.6) is 0 Å². The summed E-state index contributed by atoms with van der Waals surface area (Å²) in [5.41, 5.74) is 17.9. The van der Waals surface area contributed by atoms with Crippen molar-refractivity contribution in [3.63, 3.8) is 0 Å². The van der Waals surface area contributed by atoms with Gasteiger partial charge in [-0.1, -0.05) is 345 Å². The summed E-state index contributed by atoms with van der Waals surface area (Å²) >= 11 is 9.70. The van der Waals surface area contributed by atoms with E-state index in [2.05, 4.69) is 201 Å². The Morgan fingerprint density at radius 3 is 0.883 bits per heavy atom. The van der Waals surface area contributed by atoms with Gasteiger partial charge in [-0.2, -0.15) is 0 Å². The van der Waals surface area contributed by atoms with Gasteiger partial charge >= 0.3 is 7.12 Å². The Balaban J connectivity index is 0.000000132. The fourth-order valence-electron chi connectivity index (χ4n) is 14.8. The topological polar surface area (TPSA) is 147 Å². The zero-order valence-electron chi connectivity index (χ0n) is 65.9. The molecule has 574 valence electrons. The third-order valence-electron chi connectivity index (χ3n) is 21.7. The average molecular weight is 1610 g/mol. The first-order valence-corrected chi connectivity index (χ1v) is 41.7. The van der Waals surface area contributed by atoms with Gasteiger partial charge in [-0.15, -0.1) is 22.7 Å². The van der Waals surface area contributed by atoms with E-state index in [9.17, 15) is 0 Å². The van der Waals surface area contributed by atoms with E-state index in [0.717, 1.165) is 106 Å². The van der Waals surface area contributed by atoms with Crippen LogP contribution in [0, 0.1) is 0 Å². The van der Waals surface area contributed by atoms with Crippen LogP contribution in [-0.4, -0.2) is 68.2 Å². The van der Waals surface area contributed by atoms with Crippen molar-refractivity contribution in [1.82, 2.24) is 49.8 Å². The molecule has 7 heterocycles. The van der Waals surface area contributed by atoms with Gasteiger partial charge in [0, 0.05) is 113 Å². The Bertz CT molecular complexity index is 6840. The van der Waals surface area contributed by atoms with Gasteiger partial charge < -0.3 is 9.31 Å². The molecular formula is C104H74BClN10O2S2. The van der Waals surface area contributed by atoms with Gasteiger partial charge in [0.15, 0.2) is 46.6 Å². The van der Waals surface area contributed by atoms with Crippen molar-refractivity contribution in [1.29, 1.82) is 0 Å². The fraction of sp³-hybridized carbons (Fsp3) is 0.0577. The number of fused-ring (bicyclic) bond motifs is 6. The molecule has 0 radical (unpaired) electrons. The lowest BCUT2D eigenvalue weighted by molar-refractivity contribution is 0.00578. The predicted octanol–water partition coefficient (Wildman–Crippen LogP) is 26.4. The lowest BCUT2D eigenvalue weighted by Gasteiger charge is -2.32. The zero-order valence-corrected chi connectivity index (χ0v) is 68.2. The van der Waals surface area contributed by atoms with Crippen LogP contribution in [0.25, 0.3) is 187 Å². The second-order valence-corrected chi connectivity index (χ2v) is 32.7. The van der Waals surface area contributed by atoms with Crippen LogP contribution in [0.4, 0.5) is 0 Å². The van der Waals surface area contributed by atoms with Gasteiger partial charge in [0.05, 0.1) is 28.3 Å². The maximum atomic E-state index is 6.58. The normalized spacial score (nSPS) is 12.8. The van der Waals surface area contributed by atoms with E-state index in [-0.39, 0.29) is 0 Å². The van der Waals surface area contributed by atoms with Crippen LogP contribution in [0.3, 0.4) is 0 Å². The van der Waals surface area contributed by atoms with Crippen molar-refractivity contribution in [2.24, 2.45) is 0 Å². The van der Waals surface area contributed by atoms with Gasteiger partial charge in [0.1, 0.15) is 5.15 Å². The van der Waals surface area contributed by atoms with Crippen molar-refractivity contribution >= 4 is 87.2 Å².